The third kappa shape index (κ3) is 4.01. The summed E-state index contributed by atoms with van der Waals surface area (Å²) in [6.07, 6.45) is 0.873. The van der Waals surface area contributed by atoms with Crippen molar-refractivity contribution in [1.82, 2.24) is 0 Å². The number of hydrogen-bond donors (Lipinski definition) is 1. The SMILES string of the molecule is CC1CN(c2ccc(NC(=O)C3CC3c3ccccc3Cl)cc2F)CC(C)O1. The molecule has 4 rings (SSSR count). The van der Waals surface area contributed by atoms with Gasteiger partial charge >= 0.3 is 0 Å². The van der Waals surface area contributed by atoms with Gasteiger partial charge in [-0.25, -0.2) is 4.39 Å². The maximum absolute atomic E-state index is 14.7. The number of anilines is 2. The third-order valence-electron chi connectivity index (χ3n) is 5.41. The molecule has 1 aliphatic heterocycles. The standard InChI is InChI=1S/C22H24ClFN2O2/c1-13-11-26(12-14(2)28-13)21-8-7-15(9-20(21)24)25-22(27)18-10-17(18)16-5-3-4-6-19(16)23/h3-9,13-14,17-18H,10-12H2,1-2H3,(H,25,27). The lowest BCUT2D eigenvalue weighted by Gasteiger charge is -2.37. The first-order valence-electron chi connectivity index (χ1n) is 9.67. The summed E-state index contributed by atoms with van der Waals surface area (Å²) in [4.78, 5) is 14.5. The molecule has 6 heteroatoms. The zero-order valence-electron chi connectivity index (χ0n) is 16.0. The van der Waals surface area contributed by atoms with Crippen molar-refractivity contribution in [3.63, 3.8) is 0 Å². The number of morpholine rings is 1. The molecule has 1 saturated heterocycles. The second-order valence-corrected chi connectivity index (χ2v) is 8.20. The van der Waals surface area contributed by atoms with Crippen LogP contribution in [0.15, 0.2) is 42.5 Å². The van der Waals surface area contributed by atoms with E-state index in [2.05, 4.69) is 5.32 Å². The normalized spacial score (nSPS) is 26.8. The number of halogens is 2. The number of nitrogens with zero attached hydrogens (tertiary/aromatic N) is 1. The molecule has 1 amide bonds. The van der Waals surface area contributed by atoms with Crippen molar-refractivity contribution in [3.05, 3.63) is 58.9 Å². The van der Waals surface area contributed by atoms with E-state index in [4.69, 9.17) is 16.3 Å². The minimum Gasteiger partial charge on any atom is -0.372 e. The Morgan fingerprint density at radius 1 is 1.18 bits per heavy atom. The van der Waals surface area contributed by atoms with E-state index in [1.807, 2.05) is 43.0 Å². The smallest absolute Gasteiger partial charge is 0.228 e. The lowest BCUT2D eigenvalue weighted by atomic mass is 10.1. The minimum atomic E-state index is -0.336. The van der Waals surface area contributed by atoms with Gasteiger partial charge in [0.1, 0.15) is 5.82 Å². The van der Waals surface area contributed by atoms with E-state index in [1.54, 1.807) is 12.1 Å². The van der Waals surface area contributed by atoms with E-state index in [0.717, 1.165) is 12.0 Å². The van der Waals surface area contributed by atoms with Gasteiger partial charge in [-0.3, -0.25) is 4.79 Å². The summed E-state index contributed by atoms with van der Waals surface area (Å²) in [7, 11) is 0. The molecular formula is C22H24ClFN2O2. The van der Waals surface area contributed by atoms with E-state index >= 15 is 0 Å². The number of amides is 1. The van der Waals surface area contributed by atoms with Gasteiger partial charge in [-0.15, -0.1) is 0 Å². The van der Waals surface area contributed by atoms with Crippen LogP contribution >= 0.6 is 11.6 Å². The fourth-order valence-electron chi connectivity index (χ4n) is 4.05. The Hall–Kier alpha value is -2.11. The van der Waals surface area contributed by atoms with Gasteiger partial charge in [-0.2, -0.15) is 0 Å². The molecule has 1 saturated carbocycles. The van der Waals surface area contributed by atoms with Crippen LogP contribution in [0.3, 0.4) is 0 Å². The fourth-order valence-corrected chi connectivity index (χ4v) is 4.33. The summed E-state index contributed by atoms with van der Waals surface area (Å²) in [5.41, 5.74) is 2.02. The van der Waals surface area contributed by atoms with Crippen LogP contribution in [0.25, 0.3) is 0 Å². The van der Waals surface area contributed by atoms with Gasteiger partial charge in [-0.05, 0) is 56.0 Å². The van der Waals surface area contributed by atoms with Gasteiger partial charge in [0.15, 0.2) is 0 Å². The molecule has 1 N–H and O–H groups in total. The first-order valence-corrected chi connectivity index (χ1v) is 10.1. The summed E-state index contributed by atoms with van der Waals surface area (Å²) in [6.45, 7) is 5.27. The Morgan fingerprint density at radius 2 is 1.89 bits per heavy atom. The van der Waals surface area contributed by atoms with E-state index < -0.39 is 0 Å². The van der Waals surface area contributed by atoms with Crippen molar-refractivity contribution in [1.29, 1.82) is 0 Å². The molecule has 0 aromatic heterocycles. The highest BCUT2D eigenvalue weighted by atomic mass is 35.5. The molecule has 1 heterocycles. The summed E-state index contributed by atoms with van der Waals surface area (Å²) >= 11 is 6.23. The molecule has 2 aliphatic rings. The molecule has 2 aromatic carbocycles. The van der Waals surface area contributed by atoms with E-state index in [1.165, 1.54) is 6.07 Å². The molecule has 28 heavy (non-hydrogen) atoms. The first kappa shape index (κ1) is 19.2. The quantitative estimate of drug-likeness (QED) is 0.796. The number of ether oxygens (including phenoxy) is 1. The van der Waals surface area contributed by atoms with E-state index in [9.17, 15) is 9.18 Å². The van der Waals surface area contributed by atoms with Gasteiger partial charge in [-0.1, -0.05) is 29.8 Å². The van der Waals surface area contributed by atoms with Crippen molar-refractivity contribution in [2.75, 3.05) is 23.3 Å². The van der Waals surface area contributed by atoms with Crippen molar-refractivity contribution >= 4 is 28.9 Å². The number of carbonyl (C=O) groups excluding carboxylic acids is 1. The van der Waals surface area contributed by atoms with Crippen molar-refractivity contribution in [3.8, 4) is 0 Å². The second kappa shape index (κ2) is 7.72. The average molecular weight is 403 g/mol. The van der Waals surface area contributed by atoms with E-state index in [-0.39, 0.29) is 35.8 Å². The van der Waals surface area contributed by atoms with Crippen molar-refractivity contribution in [2.24, 2.45) is 5.92 Å². The largest absolute Gasteiger partial charge is 0.372 e. The van der Waals surface area contributed by atoms with Crippen LogP contribution < -0.4 is 10.2 Å². The van der Waals surface area contributed by atoms with Crippen LogP contribution in [0.4, 0.5) is 15.8 Å². The zero-order chi connectivity index (χ0) is 19.8. The number of rotatable bonds is 4. The predicted octanol–water partition coefficient (Wildman–Crippen LogP) is 4.83. The molecule has 148 valence electrons. The Kier molecular flexibility index (Phi) is 5.30. The lowest BCUT2D eigenvalue weighted by molar-refractivity contribution is -0.117. The summed E-state index contributed by atoms with van der Waals surface area (Å²) in [5.74, 6) is -0.416. The molecule has 4 nitrogen and oxygen atoms in total. The molecule has 2 aromatic rings. The van der Waals surface area contributed by atoms with Crippen molar-refractivity contribution < 1.29 is 13.9 Å². The van der Waals surface area contributed by atoms with Crippen LogP contribution in [0.2, 0.25) is 5.02 Å². The fraction of sp³-hybridized carbons (Fsp3) is 0.409. The molecular weight excluding hydrogens is 379 g/mol. The second-order valence-electron chi connectivity index (χ2n) is 7.79. The Labute approximate surface area is 169 Å². The van der Waals surface area contributed by atoms with Crippen LogP contribution in [0.1, 0.15) is 31.7 Å². The maximum atomic E-state index is 14.7. The minimum absolute atomic E-state index is 0.0548. The Balaban J connectivity index is 1.41. The van der Waals surface area contributed by atoms with E-state index in [0.29, 0.717) is 29.5 Å². The molecule has 2 fully saturated rings. The Bertz CT molecular complexity index is 881. The highest BCUT2D eigenvalue weighted by Crippen LogP contribution is 2.50. The van der Waals surface area contributed by atoms with Gasteiger partial charge in [0.2, 0.25) is 5.91 Å². The highest BCUT2D eigenvalue weighted by Gasteiger charge is 2.44. The first-order chi connectivity index (χ1) is 13.4. The zero-order valence-corrected chi connectivity index (χ0v) is 16.7. The molecule has 0 radical (unpaired) electrons. The number of hydrogen-bond acceptors (Lipinski definition) is 3. The summed E-state index contributed by atoms with van der Waals surface area (Å²) < 4.78 is 20.4. The third-order valence-corrected chi connectivity index (χ3v) is 5.75. The summed E-state index contributed by atoms with van der Waals surface area (Å²) in [6, 6.07) is 12.5. The topological polar surface area (TPSA) is 41.6 Å². The number of nitrogens with one attached hydrogen (secondary N) is 1. The van der Waals surface area contributed by atoms with Gasteiger partial charge in [0.25, 0.3) is 0 Å². The molecule has 4 unspecified atom stereocenters. The number of benzene rings is 2. The van der Waals surface area contributed by atoms with Crippen molar-refractivity contribution in [2.45, 2.75) is 38.4 Å². The molecule has 4 atom stereocenters. The summed E-state index contributed by atoms with van der Waals surface area (Å²) in [5, 5.41) is 3.53. The van der Waals surface area contributed by atoms with Crippen LogP contribution in [-0.2, 0) is 9.53 Å². The van der Waals surface area contributed by atoms with Gasteiger partial charge < -0.3 is 15.0 Å². The van der Waals surface area contributed by atoms with Gasteiger partial charge in [0, 0.05) is 29.7 Å². The number of carbonyl (C=O) groups is 1. The monoisotopic (exact) mass is 402 g/mol. The Morgan fingerprint density at radius 3 is 2.57 bits per heavy atom. The van der Waals surface area contributed by atoms with Crippen LogP contribution in [0, 0.1) is 11.7 Å². The van der Waals surface area contributed by atoms with Gasteiger partial charge in [0.05, 0.1) is 17.9 Å². The predicted molar refractivity (Wildman–Crippen MR) is 110 cm³/mol. The maximum Gasteiger partial charge on any atom is 0.228 e. The molecule has 0 spiro atoms. The molecule has 1 aliphatic carbocycles. The highest BCUT2D eigenvalue weighted by molar-refractivity contribution is 6.31. The van der Waals surface area contributed by atoms with Crippen LogP contribution in [0.5, 0.6) is 0 Å². The van der Waals surface area contributed by atoms with Crippen LogP contribution in [-0.4, -0.2) is 31.2 Å². The lowest BCUT2D eigenvalue weighted by Crippen LogP contribution is -2.45. The molecule has 0 bridgehead atoms. The average Bonchev–Trinajstić information content (AvgIpc) is 3.42.